The molecular weight excluding hydrogens is 288 g/mol. The van der Waals surface area contributed by atoms with Gasteiger partial charge in [-0.2, -0.15) is 0 Å². The summed E-state index contributed by atoms with van der Waals surface area (Å²) in [4.78, 5) is 33.7. The van der Waals surface area contributed by atoms with E-state index in [9.17, 15) is 14.4 Å². The number of benzene rings is 1. The van der Waals surface area contributed by atoms with E-state index < -0.39 is 24.0 Å². The van der Waals surface area contributed by atoms with Gasteiger partial charge in [0.15, 0.2) is 5.78 Å². The molecule has 0 atom stereocenters. The molecule has 4 nitrogen and oxygen atoms in total. The molecule has 0 unspecified atom stereocenters. The van der Waals surface area contributed by atoms with E-state index in [4.69, 9.17) is 5.11 Å². The van der Waals surface area contributed by atoms with Crippen LogP contribution >= 0.6 is 11.3 Å². The second-order valence-corrected chi connectivity index (χ2v) is 5.72. The van der Waals surface area contributed by atoms with Crippen LogP contribution in [0.5, 0.6) is 0 Å². The Kier molecular flexibility index (Phi) is 4.65. The molecule has 1 heterocycles. The van der Waals surface area contributed by atoms with Gasteiger partial charge in [0, 0.05) is 0 Å². The molecule has 0 aliphatic heterocycles. The minimum absolute atomic E-state index is 0.423. The minimum Gasteiger partial charge on any atom is -0.475 e. The molecule has 108 valence electrons. The molecule has 0 bridgehead atoms. The van der Waals surface area contributed by atoms with Crippen molar-refractivity contribution in [1.82, 2.24) is 0 Å². The summed E-state index contributed by atoms with van der Waals surface area (Å²) in [7, 11) is 0. The zero-order chi connectivity index (χ0) is 15.4. The Morgan fingerprint density at radius 3 is 2.38 bits per heavy atom. The summed E-state index contributed by atoms with van der Waals surface area (Å²) in [6.45, 7) is 2.02. The largest absolute Gasteiger partial charge is 0.475 e. The van der Waals surface area contributed by atoms with Crippen molar-refractivity contribution in [2.24, 2.45) is 0 Å². The third kappa shape index (κ3) is 4.10. The van der Waals surface area contributed by atoms with Crippen LogP contribution in [0.4, 0.5) is 0 Å². The molecule has 0 amide bonds. The van der Waals surface area contributed by atoms with Crippen molar-refractivity contribution >= 4 is 28.9 Å². The first-order chi connectivity index (χ1) is 9.95. The number of carbonyl (C=O) groups is 3. The Labute approximate surface area is 126 Å². The number of Topliss-reactive ketones (excluding diaryl/α,β-unsaturated/α-hetero) is 2. The number of carboxylic acids is 1. The van der Waals surface area contributed by atoms with Crippen molar-refractivity contribution in [1.29, 1.82) is 0 Å². The van der Waals surface area contributed by atoms with E-state index in [0.29, 0.717) is 11.3 Å². The number of rotatable bonds is 6. The highest BCUT2D eigenvalue weighted by atomic mass is 32.1. The minimum atomic E-state index is -1.57. The van der Waals surface area contributed by atoms with Crippen LogP contribution in [0.2, 0.25) is 0 Å². The second-order valence-electron chi connectivity index (χ2n) is 4.81. The Hall–Kier alpha value is -2.27. The number of carboxylic acid groups (broad SMARTS) is 1. The Bertz CT molecular complexity index is 683. The van der Waals surface area contributed by atoms with E-state index in [-0.39, 0.29) is 0 Å². The zero-order valence-electron chi connectivity index (χ0n) is 11.5. The van der Waals surface area contributed by atoms with Crippen LogP contribution in [0.3, 0.4) is 0 Å². The predicted octanol–water partition coefficient (Wildman–Crippen LogP) is 2.87. The monoisotopic (exact) mass is 302 g/mol. The van der Waals surface area contributed by atoms with Crippen LogP contribution in [0.25, 0.3) is 0 Å². The van der Waals surface area contributed by atoms with Crippen molar-refractivity contribution in [3.63, 3.8) is 0 Å². The SMILES string of the molecule is Cc1ccc(Cc2csc(C(=O)CC(=O)C(=O)O)c2)cc1. The van der Waals surface area contributed by atoms with Gasteiger partial charge < -0.3 is 5.11 Å². The molecule has 0 aliphatic carbocycles. The summed E-state index contributed by atoms with van der Waals surface area (Å²) in [6.07, 6.45) is 0.122. The van der Waals surface area contributed by atoms with Gasteiger partial charge >= 0.3 is 5.97 Å². The molecule has 1 aromatic heterocycles. The van der Waals surface area contributed by atoms with Crippen LogP contribution in [0.15, 0.2) is 35.7 Å². The summed E-state index contributed by atoms with van der Waals surface area (Å²) in [5, 5.41) is 10.4. The summed E-state index contributed by atoms with van der Waals surface area (Å²) in [5.41, 5.74) is 3.31. The van der Waals surface area contributed by atoms with Crippen LogP contribution < -0.4 is 0 Å². The van der Waals surface area contributed by atoms with Gasteiger partial charge in [-0.1, -0.05) is 29.8 Å². The van der Waals surface area contributed by atoms with E-state index in [1.807, 2.05) is 36.6 Å². The molecule has 0 saturated heterocycles. The van der Waals surface area contributed by atoms with Gasteiger partial charge in [0.25, 0.3) is 0 Å². The van der Waals surface area contributed by atoms with Crippen molar-refractivity contribution in [2.45, 2.75) is 19.8 Å². The van der Waals surface area contributed by atoms with Crippen LogP contribution in [0, 0.1) is 6.92 Å². The molecule has 21 heavy (non-hydrogen) atoms. The summed E-state index contributed by atoms with van der Waals surface area (Å²) in [6, 6.07) is 9.84. The highest BCUT2D eigenvalue weighted by molar-refractivity contribution is 7.12. The van der Waals surface area contributed by atoms with E-state index in [1.54, 1.807) is 6.07 Å². The lowest BCUT2D eigenvalue weighted by Crippen LogP contribution is -2.16. The standard InChI is InChI=1S/C16H14O4S/c1-10-2-4-11(5-3-10)6-12-7-15(21-9-12)13(17)8-14(18)16(19)20/h2-5,7,9H,6,8H2,1H3,(H,19,20). The van der Waals surface area contributed by atoms with E-state index in [0.717, 1.165) is 11.1 Å². The molecule has 5 heteroatoms. The van der Waals surface area contributed by atoms with Crippen LogP contribution in [-0.4, -0.2) is 22.6 Å². The van der Waals surface area contributed by atoms with Gasteiger partial charge in [0.2, 0.25) is 5.78 Å². The average Bonchev–Trinajstić information content (AvgIpc) is 2.90. The van der Waals surface area contributed by atoms with Crippen LogP contribution in [0.1, 0.15) is 32.8 Å². The maximum Gasteiger partial charge on any atom is 0.372 e. The molecule has 0 saturated carbocycles. The second kappa shape index (κ2) is 6.45. The number of hydrogen-bond acceptors (Lipinski definition) is 4. The fraction of sp³-hybridized carbons (Fsp3) is 0.188. The molecule has 1 aromatic carbocycles. The van der Waals surface area contributed by atoms with Gasteiger partial charge in [-0.3, -0.25) is 9.59 Å². The van der Waals surface area contributed by atoms with Gasteiger partial charge in [-0.05, 0) is 35.9 Å². The number of thiophene rings is 1. The molecule has 1 N–H and O–H groups in total. The predicted molar refractivity (Wildman–Crippen MR) is 79.9 cm³/mol. The first-order valence-corrected chi connectivity index (χ1v) is 7.26. The first kappa shape index (κ1) is 15.1. The van der Waals surface area contributed by atoms with E-state index in [1.165, 1.54) is 16.9 Å². The smallest absolute Gasteiger partial charge is 0.372 e. The lowest BCUT2D eigenvalue weighted by Gasteiger charge is -1.99. The summed E-state index contributed by atoms with van der Waals surface area (Å²) >= 11 is 1.24. The van der Waals surface area contributed by atoms with Crippen molar-refractivity contribution in [3.8, 4) is 0 Å². The topological polar surface area (TPSA) is 71.4 Å². The van der Waals surface area contributed by atoms with E-state index in [2.05, 4.69) is 0 Å². The first-order valence-electron chi connectivity index (χ1n) is 6.38. The third-order valence-electron chi connectivity index (χ3n) is 3.02. The van der Waals surface area contributed by atoms with Gasteiger partial charge in [-0.25, -0.2) is 4.79 Å². The van der Waals surface area contributed by atoms with Gasteiger partial charge in [0.1, 0.15) is 0 Å². The third-order valence-corrected chi connectivity index (χ3v) is 4.04. The number of aryl methyl sites for hydroxylation is 1. The molecule has 0 fully saturated rings. The molecule has 0 spiro atoms. The highest BCUT2D eigenvalue weighted by Crippen LogP contribution is 2.20. The van der Waals surface area contributed by atoms with Crippen molar-refractivity contribution in [3.05, 3.63) is 57.3 Å². The number of aliphatic carboxylic acids is 1. The van der Waals surface area contributed by atoms with Gasteiger partial charge in [0.05, 0.1) is 11.3 Å². The summed E-state index contributed by atoms with van der Waals surface area (Å²) in [5.74, 6) is -3.09. The zero-order valence-corrected chi connectivity index (χ0v) is 12.3. The number of ketones is 2. The Morgan fingerprint density at radius 2 is 1.76 bits per heavy atom. The average molecular weight is 302 g/mol. The van der Waals surface area contributed by atoms with Crippen molar-refractivity contribution in [2.75, 3.05) is 0 Å². The number of hydrogen-bond donors (Lipinski definition) is 1. The maximum atomic E-state index is 11.8. The Balaban J connectivity index is 2.04. The van der Waals surface area contributed by atoms with E-state index >= 15 is 0 Å². The van der Waals surface area contributed by atoms with Crippen molar-refractivity contribution < 1.29 is 19.5 Å². The summed E-state index contributed by atoms with van der Waals surface area (Å²) < 4.78 is 0. The molecule has 0 aliphatic rings. The van der Waals surface area contributed by atoms with Gasteiger partial charge in [-0.15, -0.1) is 11.3 Å². The highest BCUT2D eigenvalue weighted by Gasteiger charge is 2.19. The molecule has 0 radical (unpaired) electrons. The van der Waals surface area contributed by atoms with Crippen LogP contribution in [-0.2, 0) is 16.0 Å². The fourth-order valence-electron chi connectivity index (χ4n) is 1.86. The molecule has 2 aromatic rings. The lowest BCUT2D eigenvalue weighted by atomic mass is 10.1. The molecule has 2 rings (SSSR count). The lowest BCUT2D eigenvalue weighted by molar-refractivity contribution is -0.148. The molecular formula is C16H14O4S. The fourth-order valence-corrected chi connectivity index (χ4v) is 2.72. The Morgan fingerprint density at radius 1 is 1.10 bits per heavy atom. The maximum absolute atomic E-state index is 11.8. The normalized spacial score (nSPS) is 10.3. The quantitative estimate of drug-likeness (QED) is 0.506. The number of carbonyl (C=O) groups excluding carboxylic acids is 2.